The van der Waals surface area contributed by atoms with Crippen LogP contribution in [0.25, 0.3) is 25.9 Å². The van der Waals surface area contributed by atoms with Crippen LogP contribution in [0, 0.1) is 5.82 Å². The normalized spacial score (nSPS) is 15.5. The van der Waals surface area contributed by atoms with Gasteiger partial charge in [0.1, 0.15) is 10.6 Å². The Hall–Kier alpha value is -2.44. The molecule has 1 saturated heterocycles. The van der Waals surface area contributed by atoms with Crippen LogP contribution in [0.4, 0.5) is 10.1 Å². The minimum atomic E-state index is -0.328. The van der Waals surface area contributed by atoms with Crippen molar-refractivity contribution in [3.05, 3.63) is 58.5 Å². The number of para-hydroxylation sites is 1. The van der Waals surface area contributed by atoms with Crippen LogP contribution in [0.15, 0.2) is 47.3 Å². The van der Waals surface area contributed by atoms with Crippen LogP contribution in [-0.4, -0.2) is 30.6 Å². The summed E-state index contributed by atoms with van der Waals surface area (Å²) in [6.45, 7) is 3.20. The molecular formula is C19H16FN3OS. The van der Waals surface area contributed by atoms with Crippen LogP contribution in [-0.2, 0) is 0 Å². The average molecular weight is 353 g/mol. The van der Waals surface area contributed by atoms with Gasteiger partial charge in [0, 0.05) is 37.6 Å². The molecule has 126 valence electrons. The summed E-state index contributed by atoms with van der Waals surface area (Å²) in [6, 6.07) is 12.9. The molecule has 0 saturated carbocycles. The summed E-state index contributed by atoms with van der Waals surface area (Å²) in [6.07, 6.45) is 0. The van der Waals surface area contributed by atoms with Crippen molar-refractivity contribution in [3.8, 4) is 0 Å². The number of benzene rings is 2. The number of aromatic nitrogens is 1. The van der Waals surface area contributed by atoms with Gasteiger partial charge in [-0.3, -0.25) is 9.20 Å². The maximum absolute atomic E-state index is 14.7. The highest BCUT2D eigenvalue weighted by molar-refractivity contribution is 7.24. The standard InChI is InChI=1S/C19H16FN3OS/c20-13-9-12-15(10-16(13)22-7-5-21-6-8-22)23-14-3-1-2-4-18(14)25-19(23)11-17(12)24/h1-4,9-11,21H,5-8H2. The fourth-order valence-corrected chi connectivity index (χ4v) is 4.71. The van der Waals surface area contributed by atoms with E-state index < -0.39 is 0 Å². The van der Waals surface area contributed by atoms with Gasteiger partial charge < -0.3 is 10.2 Å². The van der Waals surface area contributed by atoms with Crippen LogP contribution >= 0.6 is 11.3 Å². The van der Waals surface area contributed by atoms with Crippen molar-refractivity contribution in [2.45, 2.75) is 0 Å². The van der Waals surface area contributed by atoms with E-state index in [1.807, 2.05) is 35.2 Å². The number of anilines is 1. The van der Waals surface area contributed by atoms with Gasteiger partial charge >= 0.3 is 0 Å². The van der Waals surface area contributed by atoms with Crippen molar-refractivity contribution in [2.24, 2.45) is 0 Å². The summed E-state index contributed by atoms with van der Waals surface area (Å²) in [4.78, 5) is 15.4. The summed E-state index contributed by atoms with van der Waals surface area (Å²) in [5, 5.41) is 3.71. The van der Waals surface area contributed by atoms with Crippen molar-refractivity contribution in [2.75, 3.05) is 31.1 Å². The molecule has 4 aromatic rings. The van der Waals surface area contributed by atoms with E-state index in [1.165, 1.54) is 6.07 Å². The smallest absolute Gasteiger partial charge is 0.190 e. The van der Waals surface area contributed by atoms with E-state index in [9.17, 15) is 9.18 Å². The zero-order valence-corrected chi connectivity index (χ0v) is 14.3. The maximum atomic E-state index is 14.7. The Labute approximate surface area is 147 Å². The quantitative estimate of drug-likeness (QED) is 0.571. The Balaban J connectivity index is 1.89. The SMILES string of the molecule is O=c1cc2sc3ccccc3n2c2cc(N3CCNCC3)c(F)cc12. The number of thiazole rings is 1. The topological polar surface area (TPSA) is 36.8 Å². The second kappa shape index (κ2) is 5.54. The number of hydrogen-bond donors (Lipinski definition) is 1. The van der Waals surface area contributed by atoms with Gasteiger partial charge in [-0.1, -0.05) is 12.1 Å². The largest absolute Gasteiger partial charge is 0.367 e. The fourth-order valence-electron chi connectivity index (χ4n) is 3.62. The van der Waals surface area contributed by atoms with Crippen LogP contribution in [0.2, 0.25) is 0 Å². The van der Waals surface area contributed by atoms with E-state index in [4.69, 9.17) is 0 Å². The summed E-state index contributed by atoms with van der Waals surface area (Å²) >= 11 is 1.58. The highest BCUT2D eigenvalue weighted by Crippen LogP contribution is 2.31. The van der Waals surface area contributed by atoms with Crippen molar-refractivity contribution >= 4 is 43.0 Å². The van der Waals surface area contributed by atoms with E-state index in [2.05, 4.69) is 9.72 Å². The monoisotopic (exact) mass is 353 g/mol. The molecule has 3 heterocycles. The molecule has 0 radical (unpaired) electrons. The summed E-state index contributed by atoms with van der Waals surface area (Å²) in [5.41, 5.74) is 2.26. The number of rotatable bonds is 1. The van der Waals surface area contributed by atoms with Gasteiger partial charge in [0.2, 0.25) is 0 Å². The van der Waals surface area contributed by atoms with Crippen molar-refractivity contribution < 1.29 is 4.39 Å². The van der Waals surface area contributed by atoms with Gasteiger partial charge in [-0.2, -0.15) is 0 Å². The highest BCUT2D eigenvalue weighted by atomic mass is 32.1. The lowest BCUT2D eigenvalue weighted by molar-refractivity contribution is 0.567. The second-order valence-electron chi connectivity index (χ2n) is 6.31. The predicted molar refractivity (Wildman–Crippen MR) is 102 cm³/mol. The second-order valence-corrected chi connectivity index (χ2v) is 7.37. The third-order valence-corrected chi connectivity index (χ3v) is 5.90. The van der Waals surface area contributed by atoms with E-state index >= 15 is 0 Å². The van der Waals surface area contributed by atoms with E-state index in [0.29, 0.717) is 11.1 Å². The van der Waals surface area contributed by atoms with Crippen LogP contribution < -0.4 is 15.6 Å². The molecular weight excluding hydrogens is 337 g/mol. The van der Waals surface area contributed by atoms with Crippen molar-refractivity contribution in [1.29, 1.82) is 0 Å². The molecule has 1 fully saturated rings. The van der Waals surface area contributed by atoms with Crippen LogP contribution in [0.3, 0.4) is 0 Å². The first kappa shape index (κ1) is 14.9. The third kappa shape index (κ3) is 2.25. The number of fused-ring (bicyclic) bond motifs is 5. The molecule has 1 aliphatic rings. The Kier molecular flexibility index (Phi) is 3.29. The Morgan fingerprint density at radius 2 is 1.84 bits per heavy atom. The summed E-state index contributed by atoms with van der Waals surface area (Å²) in [7, 11) is 0. The molecule has 2 aromatic carbocycles. The molecule has 0 atom stereocenters. The van der Waals surface area contributed by atoms with E-state index in [-0.39, 0.29) is 11.2 Å². The number of nitrogens with one attached hydrogen (secondary N) is 1. The number of pyridine rings is 1. The van der Waals surface area contributed by atoms with Gasteiger partial charge in [0.15, 0.2) is 5.43 Å². The number of piperazine rings is 1. The molecule has 0 bridgehead atoms. The van der Waals surface area contributed by atoms with Gasteiger partial charge in [-0.25, -0.2) is 4.39 Å². The summed E-state index contributed by atoms with van der Waals surface area (Å²) in [5.74, 6) is -0.328. The molecule has 4 nitrogen and oxygen atoms in total. The predicted octanol–water partition coefficient (Wildman–Crippen LogP) is 3.22. The van der Waals surface area contributed by atoms with Gasteiger partial charge in [0.25, 0.3) is 0 Å². The van der Waals surface area contributed by atoms with Gasteiger partial charge in [-0.05, 0) is 24.3 Å². The van der Waals surface area contributed by atoms with E-state index in [1.54, 1.807) is 17.4 Å². The Morgan fingerprint density at radius 3 is 2.68 bits per heavy atom. The maximum Gasteiger partial charge on any atom is 0.190 e. The first-order valence-corrected chi connectivity index (χ1v) is 9.16. The summed E-state index contributed by atoms with van der Waals surface area (Å²) < 4.78 is 17.9. The van der Waals surface area contributed by atoms with E-state index in [0.717, 1.165) is 46.7 Å². The fraction of sp³-hybridized carbons (Fsp3) is 0.211. The van der Waals surface area contributed by atoms with Crippen molar-refractivity contribution in [3.63, 3.8) is 0 Å². The molecule has 1 aliphatic heterocycles. The highest BCUT2D eigenvalue weighted by Gasteiger charge is 2.18. The number of nitrogens with zero attached hydrogens (tertiary/aromatic N) is 2. The minimum Gasteiger partial charge on any atom is -0.367 e. The lowest BCUT2D eigenvalue weighted by atomic mass is 10.1. The molecule has 2 aromatic heterocycles. The zero-order chi connectivity index (χ0) is 17.0. The molecule has 5 rings (SSSR count). The lowest BCUT2D eigenvalue weighted by Gasteiger charge is -2.30. The minimum absolute atomic E-state index is 0.132. The third-order valence-electron chi connectivity index (χ3n) is 4.82. The first-order chi connectivity index (χ1) is 12.2. The molecule has 0 spiro atoms. The Bertz CT molecular complexity index is 1170. The van der Waals surface area contributed by atoms with Crippen molar-refractivity contribution in [1.82, 2.24) is 9.72 Å². The molecule has 25 heavy (non-hydrogen) atoms. The lowest BCUT2D eigenvalue weighted by Crippen LogP contribution is -2.43. The zero-order valence-electron chi connectivity index (χ0n) is 13.5. The first-order valence-electron chi connectivity index (χ1n) is 8.34. The van der Waals surface area contributed by atoms with Crippen LogP contribution in [0.1, 0.15) is 0 Å². The molecule has 6 heteroatoms. The van der Waals surface area contributed by atoms with Gasteiger partial charge in [-0.15, -0.1) is 11.3 Å². The molecule has 0 unspecified atom stereocenters. The average Bonchev–Trinajstić information content (AvgIpc) is 3.00. The molecule has 1 N–H and O–H groups in total. The Morgan fingerprint density at radius 1 is 1.04 bits per heavy atom. The molecule has 0 amide bonds. The number of halogens is 1. The van der Waals surface area contributed by atoms with Crippen LogP contribution in [0.5, 0.6) is 0 Å². The molecule has 0 aliphatic carbocycles. The van der Waals surface area contributed by atoms with Gasteiger partial charge in [0.05, 0.1) is 21.4 Å². The number of hydrogen-bond acceptors (Lipinski definition) is 4.